The summed E-state index contributed by atoms with van der Waals surface area (Å²) in [6.45, 7) is 1.08. The standard InChI is InChI=1S/C20H19N5O/c26-20(15-7-8-15)23(13-16-11-21-18-5-1-3-9-24(16)18)14-17-12-22-19-6-2-4-10-25(17)19/h1-6,9-12,15H,7-8,13-14H2. The summed E-state index contributed by atoms with van der Waals surface area (Å²) in [7, 11) is 0. The Morgan fingerprint density at radius 3 is 1.96 bits per heavy atom. The van der Waals surface area contributed by atoms with Gasteiger partial charge in [-0.2, -0.15) is 0 Å². The average molecular weight is 345 g/mol. The molecule has 0 saturated heterocycles. The van der Waals surface area contributed by atoms with Gasteiger partial charge in [0.05, 0.1) is 36.9 Å². The van der Waals surface area contributed by atoms with Crippen LogP contribution in [0.15, 0.2) is 61.2 Å². The van der Waals surface area contributed by atoms with E-state index >= 15 is 0 Å². The maximum atomic E-state index is 12.9. The molecule has 26 heavy (non-hydrogen) atoms. The number of aromatic nitrogens is 4. The van der Waals surface area contributed by atoms with Gasteiger partial charge in [-0.25, -0.2) is 9.97 Å². The van der Waals surface area contributed by atoms with Crippen LogP contribution >= 0.6 is 0 Å². The third-order valence-electron chi connectivity index (χ3n) is 4.93. The molecule has 0 aromatic carbocycles. The molecular formula is C20H19N5O. The zero-order chi connectivity index (χ0) is 17.5. The largest absolute Gasteiger partial charge is 0.331 e. The Morgan fingerprint density at radius 1 is 0.923 bits per heavy atom. The number of carbonyl (C=O) groups is 1. The number of carbonyl (C=O) groups excluding carboxylic acids is 1. The summed E-state index contributed by atoms with van der Waals surface area (Å²) in [4.78, 5) is 23.7. The van der Waals surface area contributed by atoms with Crippen LogP contribution in [0.5, 0.6) is 0 Å². The minimum absolute atomic E-state index is 0.174. The SMILES string of the molecule is O=C(C1CC1)N(Cc1cnc2ccccn12)Cc1cnc2ccccn12. The molecule has 4 aromatic heterocycles. The summed E-state index contributed by atoms with van der Waals surface area (Å²) in [5, 5.41) is 0. The van der Waals surface area contributed by atoms with Crippen molar-refractivity contribution >= 4 is 17.2 Å². The van der Waals surface area contributed by atoms with Crippen molar-refractivity contribution in [3.8, 4) is 0 Å². The number of hydrogen-bond acceptors (Lipinski definition) is 3. The maximum absolute atomic E-state index is 12.9. The fraction of sp³-hybridized carbons (Fsp3) is 0.250. The molecule has 5 rings (SSSR count). The molecule has 0 bridgehead atoms. The molecule has 1 fully saturated rings. The van der Waals surface area contributed by atoms with Crippen LogP contribution in [0.3, 0.4) is 0 Å². The first-order valence-corrected chi connectivity index (χ1v) is 8.90. The lowest BCUT2D eigenvalue weighted by atomic mass is 10.3. The smallest absolute Gasteiger partial charge is 0.226 e. The Morgan fingerprint density at radius 2 is 1.46 bits per heavy atom. The Bertz CT molecular complexity index is 1020. The summed E-state index contributed by atoms with van der Waals surface area (Å²) in [5.74, 6) is 0.398. The quantitative estimate of drug-likeness (QED) is 0.559. The number of rotatable bonds is 5. The minimum atomic E-state index is 0.174. The van der Waals surface area contributed by atoms with Crippen LogP contribution < -0.4 is 0 Å². The van der Waals surface area contributed by atoms with Crippen molar-refractivity contribution < 1.29 is 4.79 Å². The molecule has 1 aliphatic carbocycles. The minimum Gasteiger partial charge on any atom is -0.331 e. The van der Waals surface area contributed by atoms with Crippen molar-refractivity contribution in [1.29, 1.82) is 0 Å². The van der Waals surface area contributed by atoms with Gasteiger partial charge in [-0.3, -0.25) is 4.79 Å². The summed E-state index contributed by atoms with van der Waals surface area (Å²) >= 11 is 0. The highest BCUT2D eigenvalue weighted by Crippen LogP contribution is 2.32. The molecule has 0 aliphatic heterocycles. The van der Waals surface area contributed by atoms with Crippen molar-refractivity contribution in [2.45, 2.75) is 25.9 Å². The predicted octanol–water partition coefficient (Wildman–Crippen LogP) is 2.92. The van der Waals surface area contributed by atoms with Crippen LogP contribution in [0.4, 0.5) is 0 Å². The first-order chi connectivity index (χ1) is 12.8. The van der Waals surface area contributed by atoms with Gasteiger partial charge in [0.15, 0.2) is 0 Å². The molecule has 6 nitrogen and oxygen atoms in total. The van der Waals surface area contributed by atoms with Crippen molar-refractivity contribution in [1.82, 2.24) is 23.7 Å². The number of hydrogen-bond donors (Lipinski definition) is 0. The van der Waals surface area contributed by atoms with Crippen molar-refractivity contribution in [2.75, 3.05) is 0 Å². The lowest BCUT2D eigenvalue weighted by molar-refractivity contribution is -0.134. The molecule has 0 atom stereocenters. The van der Waals surface area contributed by atoms with Crippen molar-refractivity contribution in [2.24, 2.45) is 5.92 Å². The third-order valence-corrected chi connectivity index (χ3v) is 4.93. The molecule has 6 heteroatoms. The van der Waals surface area contributed by atoms with E-state index in [0.717, 1.165) is 35.5 Å². The molecule has 0 unspecified atom stereocenters. The molecule has 4 aromatic rings. The number of amides is 1. The second-order valence-corrected chi connectivity index (χ2v) is 6.83. The summed E-state index contributed by atoms with van der Waals surface area (Å²) < 4.78 is 4.09. The van der Waals surface area contributed by atoms with Gasteiger partial charge < -0.3 is 13.7 Å². The van der Waals surface area contributed by atoms with Gasteiger partial charge in [0.25, 0.3) is 0 Å². The number of imidazole rings is 2. The topological polar surface area (TPSA) is 54.9 Å². The molecule has 0 N–H and O–H groups in total. The van der Waals surface area contributed by atoms with Gasteiger partial charge in [0.1, 0.15) is 11.3 Å². The van der Waals surface area contributed by atoms with E-state index in [0.29, 0.717) is 13.1 Å². The summed E-state index contributed by atoms with van der Waals surface area (Å²) in [6, 6.07) is 11.8. The lowest BCUT2D eigenvalue weighted by Gasteiger charge is -2.22. The maximum Gasteiger partial charge on any atom is 0.226 e. The second-order valence-electron chi connectivity index (χ2n) is 6.83. The van der Waals surface area contributed by atoms with Crippen LogP contribution in [-0.4, -0.2) is 29.6 Å². The predicted molar refractivity (Wildman–Crippen MR) is 97.4 cm³/mol. The fourth-order valence-electron chi connectivity index (χ4n) is 3.40. The van der Waals surface area contributed by atoms with E-state index in [4.69, 9.17) is 0 Å². The zero-order valence-corrected chi connectivity index (χ0v) is 14.3. The van der Waals surface area contributed by atoms with Crippen LogP contribution in [0.25, 0.3) is 11.3 Å². The number of fused-ring (bicyclic) bond motifs is 2. The normalized spacial score (nSPS) is 14.2. The molecule has 1 saturated carbocycles. The molecular weight excluding hydrogens is 326 g/mol. The van der Waals surface area contributed by atoms with E-state index < -0.39 is 0 Å². The molecule has 4 heterocycles. The zero-order valence-electron chi connectivity index (χ0n) is 14.3. The van der Waals surface area contributed by atoms with Crippen molar-refractivity contribution in [3.63, 3.8) is 0 Å². The molecule has 1 amide bonds. The molecule has 1 aliphatic rings. The second kappa shape index (κ2) is 5.98. The number of nitrogens with zero attached hydrogens (tertiary/aromatic N) is 5. The van der Waals surface area contributed by atoms with E-state index in [1.54, 1.807) is 0 Å². The lowest BCUT2D eigenvalue weighted by Crippen LogP contribution is -2.32. The van der Waals surface area contributed by atoms with Gasteiger partial charge in [-0.05, 0) is 37.1 Å². The van der Waals surface area contributed by atoms with E-state index in [2.05, 4.69) is 9.97 Å². The summed E-state index contributed by atoms with van der Waals surface area (Å²) in [5.41, 5.74) is 3.83. The molecule has 130 valence electrons. The van der Waals surface area contributed by atoms with Gasteiger partial charge in [0.2, 0.25) is 5.91 Å². The Kier molecular flexibility index (Phi) is 3.48. The molecule has 0 radical (unpaired) electrons. The van der Waals surface area contributed by atoms with Crippen molar-refractivity contribution in [3.05, 3.63) is 72.6 Å². The highest BCUT2D eigenvalue weighted by atomic mass is 16.2. The first kappa shape index (κ1) is 15.1. The van der Waals surface area contributed by atoms with Crippen LogP contribution in [0.1, 0.15) is 24.2 Å². The number of pyridine rings is 2. The van der Waals surface area contributed by atoms with Crippen LogP contribution in [-0.2, 0) is 17.9 Å². The Balaban J connectivity index is 1.48. The van der Waals surface area contributed by atoms with Gasteiger partial charge in [0, 0.05) is 18.3 Å². The first-order valence-electron chi connectivity index (χ1n) is 8.90. The van der Waals surface area contributed by atoms with E-state index in [9.17, 15) is 4.79 Å². The molecule has 0 spiro atoms. The van der Waals surface area contributed by atoms with Gasteiger partial charge in [-0.15, -0.1) is 0 Å². The Labute approximate surface area is 150 Å². The van der Waals surface area contributed by atoms with E-state index in [-0.39, 0.29) is 11.8 Å². The third kappa shape index (κ3) is 2.63. The Hall–Kier alpha value is -3.15. The highest BCUT2D eigenvalue weighted by Gasteiger charge is 2.34. The summed E-state index contributed by atoms with van der Waals surface area (Å²) in [6.07, 6.45) is 9.69. The van der Waals surface area contributed by atoms with E-state index in [1.165, 1.54) is 0 Å². The van der Waals surface area contributed by atoms with Crippen LogP contribution in [0.2, 0.25) is 0 Å². The van der Waals surface area contributed by atoms with E-state index in [1.807, 2.05) is 74.9 Å². The van der Waals surface area contributed by atoms with Gasteiger partial charge in [-0.1, -0.05) is 12.1 Å². The fourth-order valence-corrected chi connectivity index (χ4v) is 3.40. The van der Waals surface area contributed by atoms with Gasteiger partial charge >= 0.3 is 0 Å². The monoisotopic (exact) mass is 345 g/mol. The van der Waals surface area contributed by atoms with Crippen LogP contribution in [0, 0.1) is 5.92 Å². The highest BCUT2D eigenvalue weighted by molar-refractivity contribution is 5.81. The average Bonchev–Trinajstić information content (AvgIpc) is 3.34.